The number of rotatable bonds is 4. The van der Waals surface area contributed by atoms with Crippen molar-refractivity contribution in [2.45, 2.75) is 33.4 Å². The van der Waals surface area contributed by atoms with E-state index in [-0.39, 0.29) is 18.2 Å². The second-order valence-corrected chi connectivity index (χ2v) is 6.23. The van der Waals surface area contributed by atoms with Crippen molar-refractivity contribution < 1.29 is 18.0 Å². The minimum atomic E-state index is -0.885. The number of aromatic nitrogens is 1. The van der Waals surface area contributed by atoms with Gasteiger partial charge in [0.1, 0.15) is 17.2 Å². The summed E-state index contributed by atoms with van der Waals surface area (Å²) < 4.78 is 32.7. The van der Waals surface area contributed by atoms with Crippen molar-refractivity contribution in [3.8, 4) is 0 Å². The lowest BCUT2D eigenvalue weighted by Crippen LogP contribution is -2.37. The first kappa shape index (κ1) is 17.1. The van der Waals surface area contributed by atoms with E-state index in [2.05, 4.69) is 4.98 Å². The van der Waals surface area contributed by atoms with Crippen molar-refractivity contribution in [2.24, 2.45) is 0 Å². The summed E-state index contributed by atoms with van der Waals surface area (Å²) >= 11 is 0. The molecule has 0 unspecified atom stereocenters. The zero-order chi connectivity index (χ0) is 18.1. The Balaban J connectivity index is 1.91. The Morgan fingerprint density at radius 2 is 1.96 bits per heavy atom. The van der Waals surface area contributed by atoms with Crippen LogP contribution in [-0.4, -0.2) is 21.8 Å². The molecule has 1 heterocycles. The molecule has 0 atom stereocenters. The molecule has 0 radical (unpaired) electrons. The smallest absolute Gasteiger partial charge is 0.257 e. The normalized spacial score (nSPS) is 11.3. The molecular weight excluding hydrogens is 326 g/mol. The van der Waals surface area contributed by atoms with Crippen LogP contribution in [0.1, 0.15) is 35.7 Å². The molecule has 0 saturated carbocycles. The lowest BCUT2D eigenvalue weighted by molar-refractivity contribution is 0.0668. The van der Waals surface area contributed by atoms with Crippen molar-refractivity contribution in [3.63, 3.8) is 0 Å². The summed E-state index contributed by atoms with van der Waals surface area (Å²) in [5.74, 6) is -1.78. The fourth-order valence-corrected chi connectivity index (χ4v) is 2.61. The molecule has 2 aromatic carbocycles. The Labute approximate surface area is 144 Å². The molecule has 130 valence electrons. The summed E-state index contributed by atoms with van der Waals surface area (Å²) in [4.78, 5) is 18.5. The third kappa shape index (κ3) is 3.52. The van der Waals surface area contributed by atoms with Gasteiger partial charge in [-0.3, -0.25) is 4.79 Å². The minimum absolute atomic E-state index is 0.0983. The predicted molar refractivity (Wildman–Crippen MR) is 90.1 cm³/mol. The highest BCUT2D eigenvalue weighted by Gasteiger charge is 2.24. The number of carbonyl (C=O) groups excluding carboxylic acids is 1. The first-order valence-corrected chi connectivity index (χ1v) is 7.97. The number of carbonyl (C=O) groups is 1. The van der Waals surface area contributed by atoms with Gasteiger partial charge in [-0.25, -0.2) is 13.8 Å². The topological polar surface area (TPSA) is 46.3 Å². The quantitative estimate of drug-likeness (QED) is 0.702. The number of amides is 1. The van der Waals surface area contributed by atoms with E-state index in [0.29, 0.717) is 23.1 Å². The molecule has 1 amide bonds. The van der Waals surface area contributed by atoms with Crippen molar-refractivity contribution in [3.05, 3.63) is 65.1 Å². The van der Waals surface area contributed by atoms with Gasteiger partial charge in [-0.05, 0) is 50.6 Å². The lowest BCUT2D eigenvalue weighted by atomic mass is 10.1. The van der Waals surface area contributed by atoms with Gasteiger partial charge in [0.05, 0.1) is 12.1 Å². The molecule has 3 rings (SSSR count). The number of benzene rings is 2. The number of hydrogen-bond acceptors (Lipinski definition) is 3. The number of nitrogens with zero attached hydrogens (tertiary/aromatic N) is 2. The van der Waals surface area contributed by atoms with E-state index in [1.165, 1.54) is 4.90 Å². The molecule has 0 bridgehead atoms. The van der Waals surface area contributed by atoms with Crippen LogP contribution in [0.15, 0.2) is 40.8 Å². The van der Waals surface area contributed by atoms with Crippen molar-refractivity contribution in [2.75, 3.05) is 0 Å². The summed E-state index contributed by atoms with van der Waals surface area (Å²) in [5.41, 5.74) is 2.21. The number of hydrogen-bond donors (Lipinski definition) is 0. The Kier molecular flexibility index (Phi) is 4.53. The number of halogens is 2. The Hall–Kier alpha value is -2.76. The molecule has 1 aromatic heterocycles. The maximum Gasteiger partial charge on any atom is 0.257 e. The van der Waals surface area contributed by atoms with E-state index >= 15 is 0 Å². The van der Waals surface area contributed by atoms with Crippen LogP contribution >= 0.6 is 0 Å². The summed E-state index contributed by atoms with van der Waals surface area (Å²) in [6, 6.07) is 8.33. The molecule has 0 aliphatic heterocycles. The van der Waals surface area contributed by atoms with Gasteiger partial charge >= 0.3 is 0 Å². The fourth-order valence-electron chi connectivity index (χ4n) is 2.61. The summed E-state index contributed by atoms with van der Waals surface area (Å²) in [5, 5.41) is 0. The van der Waals surface area contributed by atoms with Crippen LogP contribution in [0.2, 0.25) is 0 Å². The number of oxazole rings is 1. The SMILES string of the molecule is Cc1ccc2oc(CN(C(=O)c3ccc(F)cc3F)C(C)C)nc2c1. The summed E-state index contributed by atoms with van der Waals surface area (Å²) in [6.07, 6.45) is 0. The van der Waals surface area contributed by atoms with Crippen LogP contribution in [0.5, 0.6) is 0 Å². The average molecular weight is 344 g/mol. The molecule has 6 heteroatoms. The number of fused-ring (bicyclic) bond motifs is 1. The third-order valence-electron chi connectivity index (χ3n) is 3.94. The van der Waals surface area contributed by atoms with Gasteiger partial charge in [0.2, 0.25) is 5.89 Å². The van der Waals surface area contributed by atoms with Crippen LogP contribution in [0.25, 0.3) is 11.1 Å². The Morgan fingerprint density at radius 3 is 2.64 bits per heavy atom. The number of aryl methyl sites for hydroxylation is 1. The molecule has 3 aromatic rings. The van der Waals surface area contributed by atoms with Crippen molar-refractivity contribution >= 4 is 17.0 Å². The Morgan fingerprint density at radius 1 is 1.20 bits per heavy atom. The van der Waals surface area contributed by atoms with E-state index in [4.69, 9.17) is 4.42 Å². The van der Waals surface area contributed by atoms with E-state index in [1.54, 1.807) is 0 Å². The monoisotopic (exact) mass is 344 g/mol. The molecule has 0 aliphatic rings. The molecule has 0 N–H and O–H groups in total. The van der Waals surface area contributed by atoms with Crippen LogP contribution < -0.4 is 0 Å². The highest BCUT2D eigenvalue weighted by atomic mass is 19.1. The maximum atomic E-state index is 13.9. The molecule has 0 fully saturated rings. The Bertz CT molecular complexity index is 934. The second kappa shape index (κ2) is 6.63. The molecular formula is C19H18F2N2O2. The van der Waals surface area contributed by atoms with Gasteiger partial charge in [0, 0.05) is 12.1 Å². The van der Waals surface area contributed by atoms with Gasteiger partial charge in [-0.15, -0.1) is 0 Å². The molecule has 25 heavy (non-hydrogen) atoms. The molecule has 0 aliphatic carbocycles. The lowest BCUT2D eigenvalue weighted by Gasteiger charge is -2.25. The average Bonchev–Trinajstić information content (AvgIpc) is 2.93. The zero-order valence-corrected chi connectivity index (χ0v) is 14.2. The molecule has 0 spiro atoms. The first-order chi connectivity index (χ1) is 11.8. The zero-order valence-electron chi connectivity index (χ0n) is 14.2. The highest BCUT2D eigenvalue weighted by Crippen LogP contribution is 2.21. The maximum absolute atomic E-state index is 13.9. The van der Waals surface area contributed by atoms with E-state index in [1.807, 2.05) is 39.0 Å². The van der Waals surface area contributed by atoms with Crippen LogP contribution in [0.4, 0.5) is 8.78 Å². The minimum Gasteiger partial charge on any atom is -0.439 e. The second-order valence-electron chi connectivity index (χ2n) is 6.23. The fraction of sp³-hybridized carbons (Fsp3) is 0.263. The first-order valence-electron chi connectivity index (χ1n) is 7.97. The predicted octanol–water partition coefficient (Wildman–Crippen LogP) is 4.47. The van der Waals surface area contributed by atoms with Crippen LogP contribution in [-0.2, 0) is 6.54 Å². The van der Waals surface area contributed by atoms with Crippen LogP contribution in [0, 0.1) is 18.6 Å². The van der Waals surface area contributed by atoms with E-state index in [0.717, 1.165) is 17.7 Å². The van der Waals surface area contributed by atoms with E-state index < -0.39 is 17.5 Å². The van der Waals surface area contributed by atoms with E-state index in [9.17, 15) is 13.6 Å². The van der Waals surface area contributed by atoms with Gasteiger partial charge in [0.25, 0.3) is 5.91 Å². The van der Waals surface area contributed by atoms with Gasteiger partial charge < -0.3 is 9.32 Å². The molecule has 4 nitrogen and oxygen atoms in total. The van der Waals surface area contributed by atoms with Gasteiger partial charge in [-0.1, -0.05) is 6.07 Å². The summed E-state index contributed by atoms with van der Waals surface area (Å²) in [7, 11) is 0. The largest absolute Gasteiger partial charge is 0.439 e. The highest BCUT2D eigenvalue weighted by molar-refractivity contribution is 5.94. The van der Waals surface area contributed by atoms with Crippen LogP contribution in [0.3, 0.4) is 0 Å². The van der Waals surface area contributed by atoms with Crippen molar-refractivity contribution in [1.29, 1.82) is 0 Å². The van der Waals surface area contributed by atoms with Gasteiger partial charge in [0.15, 0.2) is 5.58 Å². The summed E-state index contributed by atoms with van der Waals surface area (Å²) in [6.45, 7) is 5.67. The van der Waals surface area contributed by atoms with Gasteiger partial charge in [-0.2, -0.15) is 0 Å². The standard InChI is InChI=1S/C19H18F2N2O2/c1-11(2)23(19(24)14-6-5-13(20)9-15(14)21)10-18-22-16-8-12(3)4-7-17(16)25-18/h4-9,11H,10H2,1-3H3. The third-order valence-corrected chi connectivity index (χ3v) is 3.94. The van der Waals surface area contributed by atoms with Crippen molar-refractivity contribution in [1.82, 2.24) is 9.88 Å². The molecule has 0 saturated heterocycles.